The van der Waals surface area contributed by atoms with E-state index < -0.39 is 0 Å². The van der Waals surface area contributed by atoms with Gasteiger partial charge in [-0.25, -0.2) is 4.98 Å². The number of pyridine rings is 2. The lowest BCUT2D eigenvalue weighted by molar-refractivity contribution is 0.524. The van der Waals surface area contributed by atoms with E-state index in [1.54, 1.807) is 6.20 Å². The minimum atomic E-state index is 0.156. The average molecular weight is 256 g/mol. The first kappa shape index (κ1) is 13.5. The quantitative estimate of drug-likeness (QED) is 0.832. The van der Waals surface area contributed by atoms with Crippen molar-refractivity contribution < 1.29 is 0 Å². The van der Waals surface area contributed by atoms with Crippen molar-refractivity contribution in [2.24, 2.45) is 0 Å². The molecule has 2 aromatic heterocycles. The summed E-state index contributed by atoms with van der Waals surface area (Å²) in [6.45, 7) is 3.10. The van der Waals surface area contributed by atoms with Gasteiger partial charge in [-0.05, 0) is 31.2 Å². The van der Waals surface area contributed by atoms with Crippen LogP contribution in [0.2, 0.25) is 0 Å². The number of anilines is 1. The van der Waals surface area contributed by atoms with Crippen molar-refractivity contribution >= 4 is 5.82 Å². The molecule has 1 atom stereocenters. The molecule has 0 aliphatic carbocycles. The molecule has 2 rings (SSSR count). The Bertz CT molecular complexity index is 499. The second-order valence-corrected chi connectivity index (χ2v) is 4.51. The van der Waals surface area contributed by atoms with Crippen LogP contribution in [0.4, 0.5) is 5.82 Å². The molecule has 0 radical (unpaired) electrons. The summed E-state index contributed by atoms with van der Waals surface area (Å²) in [6.07, 6.45) is 5.44. The Kier molecular flexibility index (Phi) is 4.86. The first-order valence-corrected chi connectivity index (χ1v) is 6.65. The molecule has 0 aliphatic rings. The van der Waals surface area contributed by atoms with Crippen LogP contribution in [0, 0.1) is 0 Å². The molecule has 19 heavy (non-hydrogen) atoms. The Morgan fingerprint density at radius 2 is 2.00 bits per heavy atom. The topological polar surface area (TPSA) is 63.8 Å². The van der Waals surface area contributed by atoms with Crippen molar-refractivity contribution in [2.75, 3.05) is 12.3 Å². The Labute approximate surface area is 114 Å². The summed E-state index contributed by atoms with van der Waals surface area (Å²) in [5, 5.41) is 3.52. The first-order chi connectivity index (χ1) is 9.31. The van der Waals surface area contributed by atoms with Gasteiger partial charge in [0.1, 0.15) is 5.82 Å². The number of rotatable bonds is 6. The Balaban J connectivity index is 2.19. The van der Waals surface area contributed by atoms with Gasteiger partial charge >= 0.3 is 0 Å². The summed E-state index contributed by atoms with van der Waals surface area (Å²) >= 11 is 0. The summed E-state index contributed by atoms with van der Waals surface area (Å²) in [5.41, 5.74) is 8.07. The van der Waals surface area contributed by atoms with Gasteiger partial charge in [0, 0.05) is 36.1 Å². The zero-order valence-electron chi connectivity index (χ0n) is 11.2. The molecular weight excluding hydrogens is 236 g/mol. The molecule has 0 bridgehead atoms. The number of nitrogens with zero attached hydrogens (tertiary/aromatic N) is 2. The predicted octanol–water partition coefficient (Wildman–Crippen LogP) is 2.34. The molecule has 0 aromatic carbocycles. The molecule has 0 saturated heterocycles. The summed E-state index contributed by atoms with van der Waals surface area (Å²) in [5.74, 6) is 0.590. The third-order valence-corrected chi connectivity index (χ3v) is 3.03. The van der Waals surface area contributed by atoms with Gasteiger partial charge in [-0.1, -0.05) is 19.1 Å². The van der Waals surface area contributed by atoms with E-state index in [0.717, 1.165) is 30.6 Å². The maximum absolute atomic E-state index is 5.98. The van der Waals surface area contributed by atoms with Crippen molar-refractivity contribution in [3.63, 3.8) is 0 Å². The van der Waals surface area contributed by atoms with Crippen LogP contribution >= 0.6 is 0 Å². The fourth-order valence-electron chi connectivity index (χ4n) is 2.06. The van der Waals surface area contributed by atoms with Crippen molar-refractivity contribution in [3.8, 4) is 0 Å². The number of nitrogens with two attached hydrogens (primary N) is 1. The predicted molar refractivity (Wildman–Crippen MR) is 77.6 cm³/mol. The van der Waals surface area contributed by atoms with Gasteiger partial charge in [-0.2, -0.15) is 0 Å². The van der Waals surface area contributed by atoms with Crippen LogP contribution in [-0.4, -0.2) is 16.5 Å². The molecule has 4 nitrogen and oxygen atoms in total. The van der Waals surface area contributed by atoms with Gasteiger partial charge in [-0.15, -0.1) is 0 Å². The van der Waals surface area contributed by atoms with E-state index in [1.165, 1.54) is 0 Å². The normalized spacial score (nSPS) is 12.3. The van der Waals surface area contributed by atoms with Gasteiger partial charge < -0.3 is 11.1 Å². The van der Waals surface area contributed by atoms with E-state index in [1.807, 2.05) is 36.5 Å². The van der Waals surface area contributed by atoms with E-state index in [9.17, 15) is 0 Å². The number of hydrogen-bond acceptors (Lipinski definition) is 4. The SMILES string of the molecule is CCCNC(Cc1ccccn1)c1cccnc1N. The molecule has 0 saturated carbocycles. The van der Waals surface area contributed by atoms with E-state index in [2.05, 4.69) is 22.2 Å². The summed E-state index contributed by atoms with van der Waals surface area (Å²) in [6, 6.07) is 10.1. The van der Waals surface area contributed by atoms with Crippen LogP contribution in [0.15, 0.2) is 42.7 Å². The standard InChI is InChI=1S/C15H20N4/c1-2-8-18-14(11-12-6-3-4-9-17-12)13-7-5-10-19-15(13)16/h3-7,9-10,14,18H,2,8,11H2,1H3,(H2,16,19). The Hall–Kier alpha value is -1.94. The van der Waals surface area contributed by atoms with E-state index in [-0.39, 0.29) is 6.04 Å². The minimum absolute atomic E-state index is 0.156. The molecule has 2 aromatic rings. The van der Waals surface area contributed by atoms with Gasteiger partial charge in [0.25, 0.3) is 0 Å². The van der Waals surface area contributed by atoms with Gasteiger partial charge in [0.05, 0.1) is 0 Å². The highest BCUT2D eigenvalue weighted by molar-refractivity contribution is 5.41. The van der Waals surface area contributed by atoms with Crippen molar-refractivity contribution in [3.05, 3.63) is 54.0 Å². The molecule has 4 heteroatoms. The van der Waals surface area contributed by atoms with Gasteiger partial charge in [-0.3, -0.25) is 4.98 Å². The smallest absolute Gasteiger partial charge is 0.128 e. The summed E-state index contributed by atoms with van der Waals surface area (Å²) in [7, 11) is 0. The second kappa shape index (κ2) is 6.85. The number of nitrogen functional groups attached to an aromatic ring is 1. The van der Waals surface area contributed by atoms with E-state index in [4.69, 9.17) is 5.73 Å². The molecule has 1 unspecified atom stereocenters. The van der Waals surface area contributed by atoms with Crippen molar-refractivity contribution in [1.82, 2.24) is 15.3 Å². The highest BCUT2D eigenvalue weighted by Gasteiger charge is 2.15. The van der Waals surface area contributed by atoms with Crippen LogP contribution in [0.1, 0.15) is 30.6 Å². The molecule has 2 heterocycles. The van der Waals surface area contributed by atoms with Crippen LogP contribution in [0.25, 0.3) is 0 Å². The number of nitrogens with one attached hydrogen (secondary N) is 1. The Morgan fingerprint density at radius 3 is 2.68 bits per heavy atom. The highest BCUT2D eigenvalue weighted by atomic mass is 14.9. The lowest BCUT2D eigenvalue weighted by atomic mass is 10.0. The molecule has 3 N–H and O–H groups in total. The van der Waals surface area contributed by atoms with Crippen LogP contribution < -0.4 is 11.1 Å². The third kappa shape index (κ3) is 3.76. The maximum Gasteiger partial charge on any atom is 0.128 e. The lowest BCUT2D eigenvalue weighted by Crippen LogP contribution is -2.25. The molecule has 100 valence electrons. The van der Waals surface area contributed by atoms with Crippen LogP contribution in [0.5, 0.6) is 0 Å². The monoisotopic (exact) mass is 256 g/mol. The number of hydrogen-bond donors (Lipinski definition) is 2. The van der Waals surface area contributed by atoms with Gasteiger partial charge in [0.2, 0.25) is 0 Å². The van der Waals surface area contributed by atoms with Crippen LogP contribution in [0.3, 0.4) is 0 Å². The highest BCUT2D eigenvalue weighted by Crippen LogP contribution is 2.21. The van der Waals surface area contributed by atoms with E-state index in [0.29, 0.717) is 5.82 Å². The first-order valence-electron chi connectivity index (χ1n) is 6.65. The maximum atomic E-state index is 5.98. The molecule has 0 aliphatic heterocycles. The average Bonchev–Trinajstić information content (AvgIpc) is 2.45. The van der Waals surface area contributed by atoms with Crippen molar-refractivity contribution in [2.45, 2.75) is 25.8 Å². The van der Waals surface area contributed by atoms with Crippen molar-refractivity contribution in [1.29, 1.82) is 0 Å². The molecular formula is C15H20N4. The molecule has 0 fully saturated rings. The zero-order chi connectivity index (χ0) is 13.5. The minimum Gasteiger partial charge on any atom is -0.383 e. The molecule has 0 amide bonds. The Morgan fingerprint density at radius 1 is 1.16 bits per heavy atom. The van der Waals surface area contributed by atoms with E-state index >= 15 is 0 Å². The number of aromatic nitrogens is 2. The summed E-state index contributed by atoms with van der Waals surface area (Å²) in [4.78, 5) is 8.55. The lowest BCUT2D eigenvalue weighted by Gasteiger charge is -2.19. The van der Waals surface area contributed by atoms with Crippen LogP contribution in [-0.2, 0) is 6.42 Å². The zero-order valence-corrected chi connectivity index (χ0v) is 11.2. The second-order valence-electron chi connectivity index (χ2n) is 4.51. The largest absolute Gasteiger partial charge is 0.383 e. The summed E-state index contributed by atoms with van der Waals surface area (Å²) < 4.78 is 0. The molecule has 0 spiro atoms. The fraction of sp³-hybridized carbons (Fsp3) is 0.333. The third-order valence-electron chi connectivity index (χ3n) is 3.03. The van der Waals surface area contributed by atoms with Gasteiger partial charge in [0.15, 0.2) is 0 Å². The fourth-order valence-corrected chi connectivity index (χ4v) is 2.06.